The van der Waals surface area contributed by atoms with E-state index < -0.39 is 24.1 Å². The van der Waals surface area contributed by atoms with Gasteiger partial charge in [0, 0.05) is 19.3 Å². The van der Waals surface area contributed by atoms with E-state index in [0.29, 0.717) is 12.8 Å². The third-order valence-electron chi connectivity index (χ3n) is 7.02. The smallest absolute Gasteiger partial charge is 0.306 e. The van der Waals surface area contributed by atoms with E-state index in [-0.39, 0.29) is 43.1 Å². The average molecular weight is 608 g/mol. The van der Waals surface area contributed by atoms with Gasteiger partial charge in [0.25, 0.3) is 0 Å². The van der Waals surface area contributed by atoms with Crippen LogP contribution in [0.25, 0.3) is 0 Å². The van der Waals surface area contributed by atoms with E-state index in [1.165, 1.54) is 32.1 Å². The number of aliphatic carboxylic acids is 1. The number of rotatable bonds is 28. The number of carboxylic acid groups (broad SMARTS) is 1. The first-order chi connectivity index (χ1) is 20.6. The molecule has 2 unspecified atom stereocenters. The monoisotopic (exact) mass is 607 g/mol. The second-order valence-electron chi connectivity index (χ2n) is 12.0. The molecule has 0 amide bonds. The number of ether oxygens (including phenoxy) is 3. The van der Waals surface area contributed by atoms with E-state index in [9.17, 15) is 19.5 Å². The molecule has 0 aromatic rings. The normalized spacial score (nSPS) is 13.6. The molecule has 0 saturated heterocycles. The summed E-state index contributed by atoms with van der Waals surface area (Å²) < 4.78 is 16.9. The minimum absolute atomic E-state index is 0.0145. The van der Waals surface area contributed by atoms with Crippen molar-refractivity contribution < 1.29 is 38.2 Å². The van der Waals surface area contributed by atoms with Crippen LogP contribution in [-0.4, -0.2) is 75.5 Å². The molecule has 43 heavy (non-hydrogen) atoms. The maximum atomic E-state index is 12.4. The summed E-state index contributed by atoms with van der Waals surface area (Å²) in [6, 6.07) is -0.732. The van der Waals surface area contributed by atoms with Crippen LogP contribution in [0, 0.1) is 0 Å². The van der Waals surface area contributed by atoms with Gasteiger partial charge in [-0.2, -0.15) is 0 Å². The Bertz CT molecular complexity index is 813. The van der Waals surface area contributed by atoms with Crippen LogP contribution in [0.3, 0.4) is 0 Å². The average Bonchev–Trinajstić information content (AvgIpc) is 2.94. The van der Waals surface area contributed by atoms with Crippen LogP contribution in [0.4, 0.5) is 0 Å². The van der Waals surface area contributed by atoms with Gasteiger partial charge >= 0.3 is 11.9 Å². The number of carboxylic acids is 1. The van der Waals surface area contributed by atoms with Crippen LogP contribution in [0.15, 0.2) is 36.5 Å². The van der Waals surface area contributed by atoms with Crippen molar-refractivity contribution in [3.05, 3.63) is 36.5 Å². The number of carbonyl (C=O) groups is 3. The Morgan fingerprint density at radius 2 is 1.35 bits per heavy atom. The number of hydrogen-bond donors (Lipinski definition) is 0. The summed E-state index contributed by atoms with van der Waals surface area (Å²) in [5, 5.41) is 11.5. The highest BCUT2D eigenvalue weighted by Gasteiger charge is 2.25. The number of likely N-dealkylation sites (N-methyl/N-ethyl adjacent to an activating group) is 1. The molecular formula is C35H61NO7. The van der Waals surface area contributed by atoms with Crippen molar-refractivity contribution in [3.63, 3.8) is 0 Å². The van der Waals surface area contributed by atoms with Gasteiger partial charge in [0.2, 0.25) is 0 Å². The third kappa shape index (κ3) is 25.7. The Morgan fingerprint density at radius 1 is 0.721 bits per heavy atom. The molecule has 8 nitrogen and oxygen atoms in total. The third-order valence-corrected chi connectivity index (χ3v) is 7.02. The van der Waals surface area contributed by atoms with Crippen molar-refractivity contribution in [2.75, 3.05) is 41.0 Å². The van der Waals surface area contributed by atoms with Crippen LogP contribution in [0.2, 0.25) is 0 Å². The maximum absolute atomic E-state index is 12.4. The summed E-state index contributed by atoms with van der Waals surface area (Å²) in [5.41, 5.74) is 0. The Morgan fingerprint density at radius 3 is 2.00 bits per heavy atom. The molecule has 0 saturated carbocycles. The van der Waals surface area contributed by atoms with Gasteiger partial charge in [-0.3, -0.25) is 9.59 Å². The van der Waals surface area contributed by atoms with Gasteiger partial charge in [-0.05, 0) is 51.4 Å². The van der Waals surface area contributed by atoms with E-state index in [1.54, 1.807) is 21.1 Å². The molecule has 0 aliphatic rings. The molecule has 0 rings (SSSR count). The van der Waals surface area contributed by atoms with Crippen molar-refractivity contribution >= 4 is 17.9 Å². The molecule has 0 heterocycles. The first-order valence-electron chi connectivity index (χ1n) is 16.5. The van der Waals surface area contributed by atoms with Crippen LogP contribution in [0.5, 0.6) is 0 Å². The molecule has 0 N–H and O–H groups in total. The predicted molar refractivity (Wildman–Crippen MR) is 171 cm³/mol. The topological polar surface area (TPSA) is 102 Å². The molecule has 0 spiro atoms. The summed E-state index contributed by atoms with van der Waals surface area (Å²) in [6.45, 7) is 4.37. The lowest BCUT2D eigenvalue weighted by Gasteiger charge is -2.34. The Hall–Kier alpha value is -2.45. The number of carbonyl (C=O) groups excluding carboxylic acids is 3. The lowest BCUT2D eigenvalue weighted by molar-refractivity contribution is -0.889. The van der Waals surface area contributed by atoms with E-state index in [2.05, 4.69) is 38.2 Å². The number of unbranched alkanes of at least 4 members (excludes halogenated alkanes) is 8. The zero-order chi connectivity index (χ0) is 32.2. The quantitative estimate of drug-likeness (QED) is 0.0450. The fourth-order valence-corrected chi connectivity index (χ4v) is 4.42. The largest absolute Gasteiger partial charge is 0.544 e. The van der Waals surface area contributed by atoms with Gasteiger partial charge in [0.15, 0.2) is 6.10 Å². The first-order valence-corrected chi connectivity index (χ1v) is 16.5. The molecule has 0 aromatic carbocycles. The van der Waals surface area contributed by atoms with Crippen LogP contribution in [-0.2, 0) is 28.6 Å². The van der Waals surface area contributed by atoms with Gasteiger partial charge in [0.1, 0.15) is 12.6 Å². The summed E-state index contributed by atoms with van der Waals surface area (Å²) in [5.74, 6) is -1.85. The zero-order valence-corrected chi connectivity index (χ0v) is 27.9. The van der Waals surface area contributed by atoms with Gasteiger partial charge < -0.3 is 28.6 Å². The highest BCUT2D eigenvalue weighted by atomic mass is 16.6. The van der Waals surface area contributed by atoms with Crippen molar-refractivity contribution in [1.29, 1.82) is 0 Å². The molecule has 0 radical (unpaired) electrons. The minimum Gasteiger partial charge on any atom is -0.544 e. The molecular weight excluding hydrogens is 546 g/mol. The second-order valence-corrected chi connectivity index (χ2v) is 12.0. The first kappa shape index (κ1) is 40.5. The van der Waals surface area contributed by atoms with Crippen molar-refractivity contribution in [2.45, 2.75) is 129 Å². The maximum Gasteiger partial charge on any atom is 0.306 e. The SMILES string of the molecule is CC/C=C/C/C=C/CCC(=O)OC(COCCC(C(=O)[O-])[N+](C)(C)C)COC(=O)CCCCCCC/C=C/CCCCC. The fraction of sp³-hybridized carbons (Fsp3) is 0.743. The summed E-state index contributed by atoms with van der Waals surface area (Å²) in [7, 11) is 5.35. The summed E-state index contributed by atoms with van der Waals surface area (Å²) in [4.78, 5) is 36.3. The van der Waals surface area contributed by atoms with Crippen LogP contribution < -0.4 is 5.11 Å². The summed E-state index contributed by atoms with van der Waals surface area (Å²) in [6.07, 6.45) is 26.4. The number of allylic oxidation sites excluding steroid dienone is 6. The van der Waals surface area contributed by atoms with Gasteiger partial charge in [-0.25, -0.2) is 0 Å². The predicted octanol–water partition coefficient (Wildman–Crippen LogP) is 6.23. The molecule has 0 aliphatic heterocycles. The summed E-state index contributed by atoms with van der Waals surface area (Å²) >= 11 is 0. The van der Waals surface area contributed by atoms with Crippen molar-refractivity contribution in [1.82, 2.24) is 0 Å². The van der Waals surface area contributed by atoms with E-state index in [0.717, 1.165) is 44.9 Å². The van der Waals surface area contributed by atoms with E-state index >= 15 is 0 Å². The molecule has 8 heteroatoms. The standard InChI is InChI=1S/C35H61NO7/c1-6-8-10-12-14-15-16-17-18-20-21-23-25-33(37)42-30-31(29-41-28-27-32(35(39)40)36(3,4)5)43-34(38)26-24-22-19-13-11-9-7-2/h9,11,14-15,19,22,31-32H,6-8,10,12-13,16-18,20-21,23-30H2,1-5H3/b11-9+,15-14+,22-19+. The second kappa shape index (κ2) is 27.1. The lowest BCUT2D eigenvalue weighted by Crippen LogP contribution is -2.55. The minimum atomic E-state index is -1.14. The molecule has 0 fully saturated rings. The number of hydrogen-bond acceptors (Lipinski definition) is 7. The zero-order valence-electron chi connectivity index (χ0n) is 27.9. The number of esters is 2. The van der Waals surface area contributed by atoms with Gasteiger partial charge in [-0.1, -0.05) is 82.4 Å². The Balaban J connectivity index is 4.51. The molecule has 248 valence electrons. The van der Waals surface area contributed by atoms with E-state index in [4.69, 9.17) is 14.2 Å². The van der Waals surface area contributed by atoms with Crippen molar-refractivity contribution in [2.24, 2.45) is 0 Å². The van der Waals surface area contributed by atoms with Gasteiger partial charge in [0.05, 0.1) is 40.3 Å². The Labute approximate surface area is 262 Å². The van der Waals surface area contributed by atoms with E-state index in [1.807, 2.05) is 12.2 Å². The van der Waals surface area contributed by atoms with Crippen LogP contribution in [0.1, 0.15) is 117 Å². The fourth-order valence-electron chi connectivity index (χ4n) is 4.42. The molecule has 2 atom stereocenters. The number of quaternary nitrogens is 1. The Kier molecular flexibility index (Phi) is 25.6. The number of nitrogens with zero attached hydrogens (tertiary/aromatic N) is 1. The highest BCUT2D eigenvalue weighted by molar-refractivity contribution is 5.70. The molecule has 0 aromatic heterocycles. The van der Waals surface area contributed by atoms with Crippen molar-refractivity contribution in [3.8, 4) is 0 Å². The molecule has 0 bridgehead atoms. The lowest BCUT2D eigenvalue weighted by atomic mass is 10.1. The van der Waals surface area contributed by atoms with Gasteiger partial charge in [-0.15, -0.1) is 0 Å². The molecule has 0 aliphatic carbocycles. The van der Waals surface area contributed by atoms with Crippen LogP contribution >= 0.6 is 0 Å². The highest BCUT2D eigenvalue weighted by Crippen LogP contribution is 2.11.